The molecular weight excluding hydrogens is 416 g/mol. The summed E-state index contributed by atoms with van der Waals surface area (Å²) in [4.78, 5) is 17.7. The van der Waals surface area contributed by atoms with Gasteiger partial charge in [0.15, 0.2) is 0 Å². The molecule has 1 heterocycles. The predicted molar refractivity (Wildman–Crippen MR) is 115 cm³/mol. The second kappa shape index (κ2) is 6.93. The van der Waals surface area contributed by atoms with Crippen LogP contribution < -0.4 is 9.64 Å². The number of halogens is 1. The molecule has 0 aromatic heterocycles. The average Bonchev–Trinajstić information content (AvgIpc) is 2.66. The summed E-state index contributed by atoms with van der Waals surface area (Å²) in [7, 11) is 1.70. The van der Waals surface area contributed by atoms with E-state index in [2.05, 4.69) is 37.9 Å². The summed E-state index contributed by atoms with van der Waals surface area (Å²) in [6.45, 7) is 3.51. The summed E-state index contributed by atoms with van der Waals surface area (Å²) < 4.78 is 5.59. The summed E-state index contributed by atoms with van der Waals surface area (Å²) in [5.74, 6) is 2.98. The second-order valence-corrected chi connectivity index (χ2v) is 11.5. The number of alkyl halides is 1. The van der Waals surface area contributed by atoms with Gasteiger partial charge in [-0.1, -0.05) is 15.9 Å². The van der Waals surface area contributed by atoms with Crippen molar-refractivity contribution in [1.29, 1.82) is 0 Å². The predicted octanol–water partition coefficient (Wildman–Crippen LogP) is 4.47. The van der Waals surface area contributed by atoms with Crippen molar-refractivity contribution in [2.24, 2.45) is 17.3 Å². The van der Waals surface area contributed by atoms with E-state index in [1.165, 1.54) is 44.2 Å². The lowest BCUT2D eigenvalue weighted by molar-refractivity contribution is -0.138. The SMILES string of the molecule is COc1ccc(N2CCN(C(=O)CC34C[C@@H]5C[C@@H](CC(Br)(C5)C3)C4)CC2)cc1. The molecule has 4 nitrogen and oxygen atoms in total. The largest absolute Gasteiger partial charge is 0.497 e. The molecule has 4 atom stereocenters. The van der Waals surface area contributed by atoms with Crippen LogP contribution in [-0.2, 0) is 4.79 Å². The van der Waals surface area contributed by atoms with E-state index >= 15 is 0 Å². The molecule has 4 bridgehead atoms. The van der Waals surface area contributed by atoms with E-state index < -0.39 is 0 Å². The summed E-state index contributed by atoms with van der Waals surface area (Å²) in [5, 5.41) is 0. The number of hydrogen-bond acceptors (Lipinski definition) is 3. The summed E-state index contributed by atoms with van der Waals surface area (Å²) in [6.07, 6.45) is 8.63. The number of hydrogen-bond donors (Lipinski definition) is 0. The van der Waals surface area contributed by atoms with Gasteiger partial charge < -0.3 is 14.5 Å². The second-order valence-electron chi connectivity index (χ2n) is 9.85. The third kappa shape index (κ3) is 3.44. The third-order valence-electron chi connectivity index (χ3n) is 7.71. The molecule has 1 saturated heterocycles. The Balaban J connectivity index is 1.19. The number of methoxy groups -OCH3 is 1. The topological polar surface area (TPSA) is 32.8 Å². The van der Waals surface area contributed by atoms with Crippen LogP contribution >= 0.6 is 15.9 Å². The number of amides is 1. The molecule has 1 amide bonds. The Morgan fingerprint density at radius 3 is 2.29 bits per heavy atom. The third-order valence-corrected chi connectivity index (χ3v) is 8.63. The van der Waals surface area contributed by atoms with Gasteiger partial charge in [0.25, 0.3) is 0 Å². The molecule has 4 aliphatic carbocycles. The van der Waals surface area contributed by atoms with Crippen LogP contribution in [0.3, 0.4) is 0 Å². The Hall–Kier alpha value is -1.23. The van der Waals surface area contributed by atoms with Crippen LogP contribution in [0.1, 0.15) is 44.9 Å². The fraction of sp³-hybridized carbons (Fsp3) is 0.696. The van der Waals surface area contributed by atoms with Gasteiger partial charge in [0, 0.05) is 42.6 Å². The lowest BCUT2D eigenvalue weighted by atomic mass is 9.48. The van der Waals surface area contributed by atoms with Crippen molar-refractivity contribution in [3.05, 3.63) is 24.3 Å². The van der Waals surface area contributed by atoms with E-state index in [0.29, 0.717) is 10.2 Å². The van der Waals surface area contributed by atoms with Crippen molar-refractivity contribution >= 4 is 27.5 Å². The molecule has 5 aliphatic rings. The number of carbonyl (C=O) groups excluding carboxylic acids is 1. The molecule has 152 valence electrons. The van der Waals surface area contributed by atoms with E-state index in [-0.39, 0.29) is 5.41 Å². The fourth-order valence-electron chi connectivity index (χ4n) is 6.98. The maximum absolute atomic E-state index is 13.2. The minimum absolute atomic E-state index is 0.276. The molecule has 5 heteroatoms. The van der Waals surface area contributed by atoms with Crippen molar-refractivity contribution in [3.8, 4) is 5.75 Å². The van der Waals surface area contributed by atoms with E-state index in [0.717, 1.165) is 50.2 Å². The molecule has 0 spiro atoms. The van der Waals surface area contributed by atoms with E-state index in [9.17, 15) is 4.79 Å². The zero-order valence-electron chi connectivity index (χ0n) is 16.8. The minimum atomic E-state index is 0.276. The van der Waals surface area contributed by atoms with Crippen molar-refractivity contribution in [2.75, 3.05) is 38.2 Å². The van der Waals surface area contributed by atoms with Gasteiger partial charge in [-0.3, -0.25) is 4.79 Å². The van der Waals surface area contributed by atoms with Gasteiger partial charge in [0.1, 0.15) is 5.75 Å². The van der Waals surface area contributed by atoms with Crippen LogP contribution in [0.15, 0.2) is 24.3 Å². The number of benzene rings is 1. The molecule has 2 unspecified atom stereocenters. The van der Waals surface area contributed by atoms with Crippen molar-refractivity contribution in [1.82, 2.24) is 4.90 Å². The van der Waals surface area contributed by atoms with Gasteiger partial charge >= 0.3 is 0 Å². The number of carbonyl (C=O) groups is 1. The first kappa shape index (κ1) is 18.8. The number of piperazine rings is 1. The van der Waals surface area contributed by atoms with E-state index in [1.807, 2.05) is 12.1 Å². The number of nitrogens with zero attached hydrogens (tertiary/aromatic N) is 2. The number of anilines is 1. The first-order chi connectivity index (χ1) is 13.5. The Morgan fingerprint density at radius 1 is 1.07 bits per heavy atom. The molecule has 6 rings (SSSR count). The van der Waals surface area contributed by atoms with Gasteiger partial charge in [0.2, 0.25) is 5.91 Å². The van der Waals surface area contributed by atoms with Gasteiger partial charge in [-0.2, -0.15) is 0 Å². The molecule has 0 N–H and O–H groups in total. The van der Waals surface area contributed by atoms with Gasteiger partial charge in [-0.05, 0) is 80.0 Å². The molecule has 4 saturated carbocycles. The van der Waals surface area contributed by atoms with Crippen LogP contribution in [0.4, 0.5) is 5.69 Å². The van der Waals surface area contributed by atoms with Gasteiger partial charge in [-0.25, -0.2) is 0 Å². The zero-order valence-corrected chi connectivity index (χ0v) is 18.4. The smallest absolute Gasteiger partial charge is 0.223 e. The van der Waals surface area contributed by atoms with Crippen LogP contribution in [0, 0.1) is 17.3 Å². The normalized spacial score (nSPS) is 36.6. The molecule has 1 aromatic rings. The molecule has 0 radical (unpaired) electrons. The fourth-order valence-corrected chi connectivity index (χ4v) is 8.49. The first-order valence-corrected chi connectivity index (χ1v) is 11.6. The van der Waals surface area contributed by atoms with Crippen LogP contribution in [0.5, 0.6) is 5.75 Å². The van der Waals surface area contributed by atoms with Crippen molar-refractivity contribution in [2.45, 2.75) is 49.3 Å². The van der Waals surface area contributed by atoms with Crippen LogP contribution in [0.25, 0.3) is 0 Å². The lowest BCUT2D eigenvalue weighted by Gasteiger charge is -2.60. The zero-order chi connectivity index (χ0) is 19.4. The molecule has 1 aromatic carbocycles. The standard InChI is InChI=1S/C23H31BrN2O2/c1-28-20-4-2-19(3-5-20)25-6-8-26(9-7-25)21(27)15-22-11-17-10-18(12-22)14-23(24,13-17)16-22/h2-5,17-18H,6-16H2,1H3/t17-,18+,22?,23?. The Labute approximate surface area is 176 Å². The minimum Gasteiger partial charge on any atom is -0.497 e. The highest BCUT2D eigenvalue weighted by molar-refractivity contribution is 9.10. The van der Waals surface area contributed by atoms with Gasteiger partial charge in [0.05, 0.1) is 7.11 Å². The highest BCUT2D eigenvalue weighted by atomic mass is 79.9. The average molecular weight is 447 g/mol. The first-order valence-electron chi connectivity index (χ1n) is 10.8. The highest BCUT2D eigenvalue weighted by Gasteiger charge is 2.57. The molecular formula is C23H31BrN2O2. The molecule has 5 fully saturated rings. The summed E-state index contributed by atoms with van der Waals surface area (Å²) in [5.41, 5.74) is 1.49. The van der Waals surface area contributed by atoms with Crippen LogP contribution in [0.2, 0.25) is 0 Å². The maximum atomic E-state index is 13.2. The maximum Gasteiger partial charge on any atom is 0.223 e. The monoisotopic (exact) mass is 446 g/mol. The Morgan fingerprint density at radius 2 is 1.71 bits per heavy atom. The summed E-state index contributed by atoms with van der Waals surface area (Å²) in [6, 6.07) is 8.24. The van der Waals surface area contributed by atoms with E-state index in [1.54, 1.807) is 7.11 Å². The molecule has 28 heavy (non-hydrogen) atoms. The quantitative estimate of drug-likeness (QED) is 0.639. The molecule has 1 aliphatic heterocycles. The summed E-state index contributed by atoms with van der Waals surface area (Å²) >= 11 is 4.08. The van der Waals surface area contributed by atoms with Crippen molar-refractivity contribution < 1.29 is 9.53 Å². The number of rotatable bonds is 4. The van der Waals surface area contributed by atoms with Gasteiger partial charge in [-0.15, -0.1) is 0 Å². The Bertz CT molecular complexity index is 727. The van der Waals surface area contributed by atoms with E-state index in [4.69, 9.17) is 4.74 Å². The lowest BCUT2D eigenvalue weighted by Crippen LogP contribution is -2.55. The van der Waals surface area contributed by atoms with Crippen molar-refractivity contribution in [3.63, 3.8) is 0 Å². The highest BCUT2D eigenvalue weighted by Crippen LogP contribution is 2.65. The Kier molecular flexibility index (Phi) is 4.65. The van der Waals surface area contributed by atoms with Crippen LogP contribution in [-0.4, -0.2) is 48.4 Å². The number of ether oxygens (including phenoxy) is 1.